The molecular weight excluding hydrogens is 202 g/mol. The number of likely N-dealkylation sites (tertiary alicyclic amines) is 1. The van der Waals surface area contributed by atoms with Gasteiger partial charge in [-0.25, -0.2) is 0 Å². The third-order valence-electron chi connectivity index (χ3n) is 3.86. The molecule has 0 N–H and O–H groups in total. The zero-order valence-corrected chi connectivity index (χ0v) is 10.6. The molecule has 0 aliphatic carbocycles. The van der Waals surface area contributed by atoms with Crippen LogP contribution >= 0.6 is 0 Å². The Bertz CT molecular complexity index is 261. The Balaban J connectivity index is 1.92. The van der Waals surface area contributed by atoms with Crippen LogP contribution in [0, 0.1) is 5.92 Å². The molecule has 0 bridgehead atoms. The summed E-state index contributed by atoms with van der Waals surface area (Å²) in [5.74, 6) is 1.01. The molecule has 92 valence electrons. The topological polar surface area (TPSA) is 26.8 Å². The fraction of sp³-hybridized carbons (Fsp3) is 0.917. The van der Waals surface area contributed by atoms with Gasteiger partial charge in [0, 0.05) is 32.7 Å². The number of likely N-dealkylation sites (N-methyl/N-ethyl adjacent to an activating group) is 2. The van der Waals surface area contributed by atoms with E-state index in [2.05, 4.69) is 30.8 Å². The van der Waals surface area contributed by atoms with E-state index in [-0.39, 0.29) is 6.04 Å². The first-order valence-electron chi connectivity index (χ1n) is 6.25. The van der Waals surface area contributed by atoms with Crippen molar-refractivity contribution in [3.05, 3.63) is 0 Å². The quantitative estimate of drug-likeness (QED) is 0.633. The maximum Gasteiger partial charge on any atom is 0.240 e. The van der Waals surface area contributed by atoms with E-state index in [4.69, 9.17) is 0 Å². The molecule has 0 saturated carbocycles. The molecule has 2 unspecified atom stereocenters. The van der Waals surface area contributed by atoms with Crippen LogP contribution in [0.4, 0.5) is 0 Å². The molecular formula is C12H23N3O. The summed E-state index contributed by atoms with van der Waals surface area (Å²) in [5, 5.41) is 0. The van der Waals surface area contributed by atoms with Crippen molar-refractivity contribution >= 4 is 5.91 Å². The zero-order chi connectivity index (χ0) is 11.7. The Morgan fingerprint density at radius 1 is 1.12 bits per heavy atom. The van der Waals surface area contributed by atoms with Crippen molar-refractivity contribution in [2.75, 3.05) is 46.8 Å². The second-order valence-electron chi connectivity index (χ2n) is 5.42. The Labute approximate surface area is 98.2 Å². The van der Waals surface area contributed by atoms with Crippen molar-refractivity contribution in [1.82, 2.24) is 14.7 Å². The van der Waals surface area contributed by atoms with Crippen LogP contribution in [0.2, 0.25) is 0 Å². The fourth-order valence-electron chi connectivity index (χ4n) is 2.78. The highest BCUT2D eigenvalue weighted by atomic mass is 16.2. The van der Waals surface area contributed by atoms with Gasteiger partial charge < -0.3 is 9.80 Å². The van der Waals surface area contributed by atoms with Gasteiger partial charge in [-0.1, -0.05) is 6.92 Å². The predicted octanol–water partition coefficient (Wildman–Crippen LogP) is 0.101. The van der Waals surface area contributed by atoms with Gasteiger partial charge in [-0.15, -0.1) is 0 Å². The largest absolute Gasteiger partial charge is 0.339 e. The Hall–Kier alpha value is -0.610. The lowest BCUT2D eigenvalue weighted by Crippen LogP contribution is -2.52. The van der Waals surface area contributed by atoms with E-state index in [1.807, 2.05) is 4.90 Å². The van der Waals surface area contributed by atoms with E-state index < -0.39 is 0 Å². The van der Waals surface area contributed by atoms with Gasteiger partial charge in [0.15, 0.2) is 0 Å². The number of hydrogen-bond donors (Lipinski definition) is 0. The van der Waals surface area contributed by atoms with Gasteiger partial charge in [-0.05, 0) is 26.4 Å². The van der Waals surface area contributed by atoms with Gasteiger partial charge in [0.2, 0.25) is 5.91 Å². The highest BCUT2D eigenvalue weighted by molar-refractivity contribution is 5.82. The highest BCUT2D eigenvalue weighted by Crippen LogP contribution is 2.22. The average molecular weight is 225 g/mol. The van der Waals surface area contributed by atoms with Crippen molar-refractivity contribution in [3.63, 3.8) is 0 Å². The van der Waals surface area contributed by atoms with E-state index in [1.165, 1.54) is 0 Å². The number of carbonyl (C=O) groups excluding carboxylic acids is 1. The lowest BCUT2D eigenvalue weighted by atomic mass is 10.1. The fourth-order valence-corrected chi connectivity index (χ4v) is 2.78. The van der Waals surface area contributed by atoms with Gasteiger partial charge in [0.25, 0.3) is 0 Å². The number of hydrogen-bond acceptors (Lipinski definition) is 3. The third-order valence-corrected chi connectivity index (χ3v) is 3.86. The molecule has 0 aromatic rings. The summed E-state index contributed by atoms with van der Waals surface area (Å²) in [5.41, 5.74) is 0. The standard InChI is InChI=1S/C12H23N3O/c1-10-8-11(14(3)9-10)12(16)15-6-4-13(2)5-7-15/h10-11H,4-9H2,1-3H3. The molecule has 2 saturated heterocycles. The molecule has 2 aliphatic heterocycles. The summed E-state index contributed by atoms with van der Waals surface area (Å²) in [7, 11) is 4.19. The number of nitrogens with zero attached hydrogens (tertiary/aromatic N) is 3. The lowest BCUT2D eigenvalue weighted by molar-refractivity contribution is -0.137. The second-order valence-corrected chi connectivity index (χ2v) is 5.42. The van der Waals surface area contributed by atoms with Gasteiger partial charge in [0.1, 0.15) is 0 Å². The first-order valence-corrected chi connectivity index (χ1v) is 6.25. The number of rotatable bonds is 1. The van der Waals surface area contributed by atoms with Crippen molar-refractivity contribution in [2.24, 2.45) is 5.92 Å². The molecule has 0 aromatic carbocycles. The summed E-state index contributed by atoms with van der Waals surface area (Å²) in [6.45, 7) is 7.11. The minimum absolute atomic E-state index is 0.137. The molecule has 2 atom stereocenters. The SMILES string of the molecule is CC1CC(C(=O)N2CCN(C)CC2)N(C)C1. The average Bonchev–Trinajstić information content (AvgIpc) is 2.58. The maximum atomic E-state index is 12.3. The lowest BCUT2D eigenvalue weighted by Gasteiger charge is -2.35. The molecule has 4 heteroatoms. The summed E-state index contributed by atoms with van der Waals surface area (Å²) >= 11 is 0. The van der Waals surface area contributed by atoms with Crippen LogP contribution in [0.1, 0.15) is 13.3 Å². The van der Waals surface area contributed by atoms with Gasteiger partial charge in [-0.3, -0.25) is 9.69 Å². The van der Waals surface area contributed by atoms with Crippen LogP contribution in [-0.4, -0.2) is 73.5 Å². The van der Waals surface area contributed by atoms with E-state index in [0.29, 0.717) is 11.8 Å². The van der Waals surface area contributed by atoms with Crippen LogP contribution in [0.5, 0.6) is 0 Å². The first kappa shape index (κ1) is 11.9. The van der Waals surface area contributed by atoms with Crippen molar-refractivity contribution in [1.29, 1.82) is 0 Å². The van der Waals surface area contributed by atoms with E-state index >= 15 is 0 Å². The van der Waals surface area contributed by atoms with E-state index in [1.54, 1.807) is 0 Å². The Morgan fingerprint density at radius 3 is 2.25 bits per heavy atom. The van der Waals surface area contributed by atoms with Crippen LogP contribution in [0.25, 0.3) is 0 Å². The molecule has 2 rings (SSSR count). The highest BCUT2D eigenvalue weighted by Gasteiger charge is 2.35. The molecule has 2 fully saturated rings. The minimum atomic E-state index is 0.137. The van der Waals surface area contributed by atoms with Crippen LogP contribution < -0.4 is 0 Å². The molecule has 4 nitrogen and oxygen atoms in total. The predicted molar refractivity (Wildman–Crippen MR) is 64.3 cm³/mol. The summed E-state index contributed by atoms with van der Waals surface area (Å²) in [6.07, 6.45) is 1.03. The number of amides is 1. The summed E-state index contributed by atoms with van der Waals surface area (Å²) in [6, 6.07) is 0.137. The second kappa shape index (κ2) is 4.72. The summed E-state index contributed by atoms with van der Waals surface area (Å²) < 4.78 is 0. The van der Waals surface area contributed by atoms with Gasteiger partial charge in [-0.2, -0.15) is 0 Å². The zero-order valence-electron chi connectivity index (χ0n) is 10.6. The van der Waals surface area contributed by atoms with Crippen LogP contribution in [0.3, 0.4) is 0 Å². The van der Waals surface area contributed by atoms with Crippen molar-refractivity contribution in [3.8, 4) is 0 Å². The summed E-state index contributed by atoms with van der Waals surface area (Å²) in [4.78, 5) is 18.9. The monoisotopic (exact) mass is 225 g/mol. The number of piperazine rings is 1. The maximum absolute atomic E-state index is 12.3. The molecule has 16 heavy (non-hydrogen) atoms. The van der Waals surface area contributed by atoms with E-state index in [0.717, 1.165) is 39.1 Å². The molecule has 0 aromatic heterocycles. The molecule has 1 amide bonds. The molecule has 2 aliphatic rings. The van der Waals surface area contributed by atoms with Crippen molar-refractivity contribution < 1.29 is 4.79 Å². The van der Waals surface area contributed by atoms with Crippen molar-refractivity contribution in [2.45, 2.75) is 19.4 Å². The Morgan fingerprint density at radius 2 is 1.75 bits per heavy atom. The van der Waals surface area contributed by atoms with Crippen LogP contribution in [0.15, 0.2) is 0 Å². The van der Waals surface area contributed by atoms with E-state index in [9.17, 15) is 4.79 Å². The van der Waals surface area contributed by atoms with Gasteiger partial charge >= 0.3 is 0 Å². The Kier molecular flexibility index (Phi) is 3.50. The molecule has 0 spiro atoms. The van der Waals surface area contributed by atoms with Crippen LogP contribution in [-0.2, 0) is 4.79 Å². The number of carbonyl (C=O) groups is 1. The third kappa shape index (κ3) is 2.38. The first-order chi connectivity index (χ1) is 7.58. The molecule has 2 heterocycles. The van der Waals surface area contributed by atoms with Gasteiger partial charge in [0.05, 0.1) is 6.04 Å². The normalized spacial score (nSPS) is 33.3. The molecule has 0 radical (unpaired) electrons. The smallest absolute Gasteiger partial charge is 0.240 e. The minimum Gasteiger partial charge on any atom is -0.339 e.